The van der Waals surface area contributed by atoms with E-state index in [0.717, 1.165) is 42.4 Å². The van der Waals surface area contributed by atoms with Crippen molar-refractivity contribution in [3.05, 3.63) is 98.4 Å². The molecule has 158 valence electrons. The fourth-order valence-electron chi connectivity index (χ4n) is 3.43. The van der Waals surface area contributed by atoms with Crippen LogP contribution in [-0.2, 0) is 0 Å². The van der Waals surface area contributed by atoms with Gasteiger partial charge in [0.05, 0.1) is 12.3 Å². The summed E-state index contributed by atoms with van der Waals surface area (Å²) in [5.41, 5.74) is 4.33. The van der Waals surface area contributed by atoms with Gasteiger partial charge in [-0.2, -0.15) is 0 Å². The molecular formula is C24H22BrN3O2S. The fourth-order valence-corrected chi connectivity index (χ4v) is 4.94. The molecule has 0 bridgehead atoms. The molecule has 0 spiro atoms. The second-order valence-corrected chi connectivity index (χ2v) is 9.45. The van der Waals surface area contributed by atoms with Crippen molar-refractivity contribution >= 4 is 44.0 Å². The summed E-state index contributed by atoms with van der Waals surface area (Å²) >= 11 is 5.15. The number of hydrogen-bond donors (Lipinski definition) is 2. The van der Waals surface area contributed by atoms with Gasteiger partial charge in [0.15, 0.2) is 5.76 Å². The standard InChI is InChI=1S/C24H22BrN3O2S/c1-14-9-10-26-20(12-14)27-22(17-6-4-7-18(25)13-17)21-15(2)16(3)31-24(21)28-23(29)19-8-5-11-30-19/h4-13,22H,1-3H3,(H,26,27)(H,28,29)/t22-/m0/s1. The first-order valence-electron chi connectivity index (χ1n) is 9.82. The Morgan fingerprint density at radius 3 is 2.68 bits per heavy atom. The molecule has 4 aromatic rings. The van der Waals surface area contributed by atoms with Gasteiger partial charge in [0.1, 0.15) is 10.8 Å². The van der Waals surface area contributed by atoms with Gasteiger partial charge in [-0.1, -0.05) is 28.1 Å². The number of pyridine rings is 1. The van der Waals surface area contributed by atoms with Gasteiger partial charge >= 0.3 is 0 Å². The van der Waals surface area contributed by atoms with Crippen LogP contribution in [0.5, 0.6) is 0 Å². The monoisotopic (exact) mass is 495 g/mol. The summed E-state index contributed by atoms with van der Waals surface area (Å²) in [6, 6.07) is 15.3. The molecule has 0 radical (unpaired) electrons. The van der Waals surface area contributed by atoms with Crippen molar-refractivity contribution in [3.63, 3.8) is 0 Å². The number of hydrogen-bond acceptors (Lipinski definition) is 5. The zero-order valence-electron chi connectivity index (χ0n) is 17.4. The molecule has 0 aliphatic heterocycles. The number of nitrogens with one attached hydrogen (secondary N) is 2. The van der Waals surface area contributed by atoms with E-state index < -0.39 is 0 Å². The summed E-state index contributed by atoms with van der Waals surface area (Å²) in [6.45, 7) is 6.19. The van der Waals surface area contributed by atoms with Crippen molar-refractivity contribution in [1.29, 1.82) is 0 Å². The predicted octanol–water partition coefficient (Wildman–Crippen LogP) is 6.88. The molecule has 0 fully saturated rings. The van der Waals surface area contributed by atoms with Crippen molar-refractivity contribution in [2.45, 2.75) is 26.8 Å². The first-order chi connectivity index (χ1) is 14.9. The number of aryl methyl sites for hydroxylation is 2. The van der Waals surface area contributed by atoms with Crippen molar-refractivity contribution < 1.29 is 9.21 Å². The topological polar surface area (TPSA) is 67.2 Å². The summed E-state index contributed by atoms with van der Waals surface area (Å²) in [7, 11) is 0. The number of rotatable bonds is 6. The lowest BCUT2D eigenvalue weighted by Gasteiger charge is -2.22. The van der Waals surface area contributed by atoms with Crippen LogP contribution in [0.25, 0.3) is 0 Å². The Morgan fingerprint density at radius 1 is 1.13 bits per heavy atom. The molecule has 0 aliphatic rings. The van der Waals surface area contributed by atoms with Crippen LogP contribution in [0.1, 0.15) is 43.7 Å². The first kappa shape index (κ1) is 21.3. The second kappa shape index (κ2) is 9.08. The molecule has 4 rings (SSSR count). The first-order valence-corrected chi connectivity index (χ1v) is 11.4. The third-order valence-corrected chi connectivity index (χ3v) is 6.71. The average Bonchev–Trinajstić information content (AvgIpc) is 3.36. The molecule has 1 aromatic carbocycles. The Bertz CT molecular complexity index is 1220. The minimum absolute atomic E-state index is 0.205. The van der Waals surface area contributed by atoms with Crippen LogP contribution in [0, 0.1) is 20.8 Å². The molecule has 3 aromatic heterocycles. The summed E-state index contributed by atoms with van der Waals surface area (Å²) < 4.78 is 6.26. The SMILES string of the molecule is Cc1ccnc(N[C@@H](c2cccc(Br)c2)c2c(NC(=O)c3ccco3)sc(C)c2C)c1. The van der Waals surface area contributed by atoms with Gasteiger partial charge < -0.3 is 15.1 Å². The summed E-state index contributed by atoms with van der Waals surface area (Å²) in [5.74, 6) is 0.785. The molecule has 0 aliphatic carbocycles. The number of aromatic nitrogens is 1. The lowest BCUT2D eigenvalue weighted by atomic mass is 9.96. The third-order valence-electron chi connectivity index (χ3n) is 5.08. The van der Waals surface area contributed by atoms with Crippen molar-refractivity contribution in [2.75, 3.05) is 10.6 Å². The van der Waals surface area contributed by atoms with Gasteiger partial charge in [-0.15, -0.1) is 11.3 Å². The van der Waals surface area contributed by atoms with Crippen LogP contribution in [0.2, 0.25) is 0 Å². The summed E-state index contributed by atoms with van der Waals surface area (Å²) in [4.78, 5) is 18.4. The predicted molar refractivity (Wildman–Crippen MR) is 129 cm³/mol. The molecular weight excluding hydrogens is 474 g/mol. The van der Waals surface area contributed by atoms with E-state index in [2.05, 4.69) is 57.5 Å². The van der Waals surface area contributed by atoms with Crippen molar-refractivity contribution in [3.8, 4) is 0 Å². The molecule has 3 heterocycles. The van der Waals surface area contributed by atoms with E-state index in [1.165, 1.54) is 6.26 Å². The van der Waals surface area contributed by atoms with Crippen LogP contribution in [0.3, 0.4) is 0 Å². The Balaban J connectivity index is 1.79. The molecule has 1 amide bonds. The number of benzene rings is 1. The van der Waals surface area contributed by atoms with E-state index in [4.69, 9.17) is 4.42 Å². The van der Waals surface area contributed by atoms with Gasteiger partial charge in [-0.3, -0.25) is 4.79 Å². The van der Waals surface area contributed by atoms with E-state index in [0.29, 0.717) is 0 Å². The zero-order chi connectivity index (χ0) is 22.0. The maximum atomic E-state index is 12.7. The third kappa shape index (κ3) is 4.73. The van der Waals surface area contributed by atoms with Crippen molar-refractivity contribution in [2.24, 2.45) is 0 Å². The summed E-state index contributed by atoms with van der Waals surface area (Å²) in [6.07, 6.45) is 3.29. The molecule has 1 atom stereocenters. The molecule has 0 unspecified atom stereocenters. The minimum atomic E-state index is -0.269. The summed E-state index contributed by atoms with van der Waals surface area (Å²) in [5, 5.41) is 7.43. The van der Waals surface area contributed by atoms with Crippen LogP contribution in [0.15, 0.2) is 69.9 Å². The lowest BCUT2D eigenvalue weighted by molar-refractivity contribution is 0.0997. The molecule has 0 saturated heterocycles. The Hall–Kier alpha value is -2.90. The van der Waals surface area contributed by atoms with Gasteiger partial charge in [0, 0.05) is 21.1 Å². The fraction of sp³-hybridized carbons (Fsp3) is 0.167. The number of thiophene rings is 1. The van der Waals surface area contributed by atoms with Crippen molar-refractivity contribution in [1.82, 2.24) is 4.98 Å². The number of carbonyl (C=O) groups is 1. The number of anilines is 2. The Morgan fingerprint density at radius 2 is 1.97 bits per heavy atom. The number of amides is 1. The Kier molecular flexibility index (Phi) is 6.25. The quantitative estimate of drug-likeness (QED) is 0.306. The van der Waals surface area contributed by atoms with Gasteiger partial charge in [0.25, 0.3) is 5.91 Å². The van der Waals surface area contributed by atoms with Crippen LogP contribution in [-0.4, -0.2) is 10.9 Å². The average molecular weight is 496 g/mol. The number of nitrogens with zero attached hydrogens (tertiary/aromatic N) is 1. The van der Waals surface area contributed by atoms with E-state index >= 15 is 0 Å². The van der Waals surface area contributed by atoms with E-state index in [1.807, 2.05) is 31.2 Å². The molecule has 5 nitrogen and oxygen atoms in total. The second-order valence-electron chi connectivity index (χ2n) is 7.31. The highest BCUT2D eigenvalue weighted by molar-refractivity contribution is 9.10. The highest BCUT2D eigenvalue weighted by atomic mass is 79.9. The van der Waals surface area contributed by atoms with Gasteiger partial charge in [-0.25, -0.2) is 4.98 Å². The minimum Gasteiger partial charge on any atom is -0.459 e. The number of furan rings is 1. The maximum absolute atomic E-state index is 12.7. The largest absolute Gasteiger partial charge is 0.459 e. The van der Waals surface area contributed by atoms with E-state index in [9.17, 15) is 4.79 Å². The van der Waals surface area contributed by atoms with E-state index in [-0.39, 0.29) is 17.7 Å². The van der Waals surface area contributed by atoms with Gasteiger partial charge in [0.2, 0.25) is 0 Å². The zero-order valence-corrected chi connectivity index (χ0v) is 19.8. The highest BCUT2D eigenvalue weighted by Crippen LogP contribution is 2.41. The molecule has 31 heavy (non-hydrogen) atoms. The molecule has 0 saturated carbocycles. The maximum Gasteiger partial charge on any atom is 0.291 e. The molecule has 2 N–H and O–H groups in total. The lowest BCUT2D eigenvalue weighted by Crippen LogP contribution is -2.17. The number of carbonyl (C=O) groups excluding carboxylic acids is 1. The van der Waals surface area contributed by atoms with E-state index in [1.54, 1.807) is 29.7 Å². The van der Waals surface area contributed by atoms with Crippen LogP contribution < -0.4 is 10.6 Å². The Labute approximate surface area is 193 Å². The normalized spacial score (nSPS) is 11.9. The highest BCUT2D eigenvalue weighted by Gasteiger charge is 2.26. The van der Waals surface area contributed by atoms with Crippen LogP contribution >= 0.6 is 27.3 Å². The van der Waals surface area contributed by atoms with Gasteiger partial charge in [-0.05, 0) is 73.9 Å². The van der Waals surface area contributed by atoms with Crippen LogP contribution in [0.4, 0.5) is 10.8 Å². The smallest absolute Gasteiger partial charge is 0.291 e. The number of halogens is 1. The molecule has 7 heteroatoms.